The van der Waals surface area contributed by atoms with Crippen LogP contribution in [0.25, 0.3) is 0 Å². The summed E-state index contributed by atoms with van der Waals surface area (Å²) in [6, 6.07) is 0.347. The first kappa shape index (κ1) is 14.5. The van der Waals surface area contributed by atoms with Crippen LogP contribution in [0.2, 0.25) is 0 Å². The number of hydrogen-bond acceptors (Lipinski definition) is 2. The van der Waals surface area contributed by atoms with Crippen LogP contribution in [0.3, 0.4) is 0 Å². The molecule has 0 aliphatic carbocycles. The van der Waals surface area contributed by atoms with E-state index < -0.39 is 0 Å². The van der Waals surface area contributed by atoms with Crippen LogP contribution in [0.5, 0.6) is 0 Å². The fourth-order valence-electron chi connectivity index (χ4n) is 2.69. The molecule has 3 unspecified atom stereocenters. The van der Waals surface area contributed by atoms with Gasteiger partial charge in [-0.1, -0.05) is 20.8 Å². The summed E-state index contributed by atoms with van der Waals surface area (Å²) in [5, 5.41) is 3.35. The summed E-state index contributed by atoms with van der Waals surface area (Å²) in [4.78, 5) is 14.3. The SMILES string of the molecule is CC(C)CC(C)N(C)C(=O)C1CNCC(C)C1. The fraction of sp³-hybridized carbons (Fsp3) is 0.929. The Morgan fingerprint density at radius 3 is 2.53 bits per heavy atom. The van der Waals surface area contributed by atoms with Crippen LogP contribution in [0.15, 0.2) is 0 Å². The van der Waals surface area contributed by atoms with Crippen molar-refractivity contribution in [2.24, 2.45) is 17.8 Å². The summed E-state index contributed by atoms with van der Waals surface area (Å²) in [6.45, 7) is 10.7. The fourth-order valence-corrected chi connectivity index (χ4v) is 2.69. The third-order valence-electron chi connectivity index (χ3n) is 3.74. The van der Waals surface area contributed by atoms with Gasteiger partial charge in [0.1, 0.15) is 0 Å². The molecular formula is C14H28N2O. The van der Waals surface area contributed by atoms with Gasteiger partial charge in [-0.25, -0.2) is 0 Å². The van der Waals surface area contributed by atoms with E-state index in [0.29, 0.717) is 23.8 Å². The van der Waals surface area contributed by atoms with Gasteiger partial charge in [0.15, 0.2) is 0 Å². The standard InChI is InChI=1S/C14H28N2O/c1-10(2)6-12(4)16(5)14(17)13-7-11(3)8-15-9-13/h10-13,15H,6-9H2,1-5H3. The molecule has 3 atom stereocenters. The summed E-state index contributed by atoms with van der Waals surface area (Å²) in [5.74, 6) is 1.76. The third kappa shape index (κ3) is 4.30. The number of hydrogen-bond donors (Lipinski definition) is 1. The van der Waals surface area contributed by atoms with Gasteiger partial charge in [0.2, 0.25) is 5.91 Å². The van der Waals surface area contributed by atoms with Crippen molar-refractivity contribution in [3.63, 3.8) is 0 Å². The van der Waals surface area contributed by atoms with E-state index >= 15 is 0 Å². The van der Waals surface area contributed by atoms with Gasteiger partial charge in [-0.15, -0.1) is 0 Å². The third-order valence-corrected chi connectivity index (χ3v) is 3.74. The number of nitrogens with one attached hydrogen (secondary N) is 1. The molecule has 1 amide bonds. The van der Waals surface area contributed by atoms with Gasteiger partial charge >= 0.3 is 0 Å². The highest BCUT2D eigenvalue weighted by Crippen LogP contribution is 2.20. The molecule has 0 spiro atoms. The van der Waals surface area contributed by atoms with Crippen molar-refractivity contribution in [1.29, 1.82) is 0 Å². The van der Waals surface area contributed by atoms with Gasteiger partial charge < -0.3 is 10.2 Å². The molecule has 3 heteroatoms. The number of carbonyl (C=O) groups is 1. The number of rotatable bonds is 4. The highest BCUT2D eigenvalue weighted by molar-refractivity contribution is 5.79. The van der Waals surface area contributed by atoms with E-state index in [4.69, 9.17) is 0 Å². The molecule has 1 fully saturated rings. The molecule has 0 aromatic rings. The summed E-state index contributed by atoms with van der Waals surface area (Å²) in [6.07, 6.45) is 2.11. The van der Waals surface area contributed by atoms with Crippen molar-refractivity contribution in [2.45, 2.75) is 46.6 Å². The molecule has 1 heterocycles. The molecule has 0 radical (unpaired) electrons. The number of nitrogens with zero attached hydrogens (tertiary/aromatic N) is 1. The van der Waals surface area contributed by atoms with Crippen LogP contribution < -0.4 is 5.32 Å². The van der Waals surface area contributed by atoms with Crippen molar-refractivity contribution >= 4 is 5.91 Å². The predicted octanol–water partition coefficient (Wildman–Crippen LogP) is 2.12. The zero-order chi connectivity index (χ0) is 13.0. The second-order valence-corrected chi connectivity index (χ2v) is 6.12. The molecule has 1 aliphatic heterocycles. The van der Waals surface area contributed by atoms with Gasteiger partial charge in [0.05, 0.1) is 5.92 Å². The largest absolute Gasteiger partial charge is 0.343 e. The highest BCUT2D eigenvalue weighted by atomic mass is 16.2. The maximum atomic E-state index is 12.4. The van der Waals surface area contributed by atoms with Crippen molar-refractivity contribution < 1.29 is 4.79 Å². The Morgan fingerprint density at radius 2 is 2.00 bits per heavy atom. The molecular weight excluding hydrogens is 212 g/mol. The van der Waals surface area contributed by atoms with Gasteiger partial charge in [-0.05, 0) is 38.1 Å². The van der Waals surface area contributed by atoms with E-state index in [-0.39, 0.29) is 5.92 Å². The first-order valence-electron chi connectivity index (χ1n) is 6.89. The Morgan fingerprint density at radius 1 is 1.35 bits per heavy atom. The first-order chi connectivity index (χ1) is 7.91. The maximum Gasteiger partial charge on any atom is 0.226 e. The minimum Gasteiger partial charge on any atom is -0.343 e. The first-order valence-corrected chi connectivity index (χ1v) is 6.89. The Kier molecular flexibility index (Phi) is 5.44. The monoisotopic (exact) mass is 240 g/mol. The minimum absolute atomic E-state index is 0.179. The zero-order valence-corrected chi connectivity index (χ0v) is 12.0. The zero-order valence-electron chi connectivity index (χ0n) is 12.0. The lowest BCUT2D eigenvalue weighted by molar-refractivity contribution is -0.137. The van der Waals surface area contributed by atoms with E-state index in [1.807, 2.05) is 11.9 Å². The maximum absolute atomic E-state index is 12.4. The molecule has 1 saturated heterocycles. The number of amides is 1. The molecule has 1 rings (SSSR count). The van der Waals surface area contributed by atoms with Crippen LogP contribution in [0.1, 0.15) is 40.5 Å². The summed E-state index contributed by atoms with van der Waals surface area (Å²) < 4.78 is 0. The Hall–Kier alpha value is -0.570. The van der Waals surface area contributed by atoms with Crippen LogP contribution in [-0.2, 0) is 4.79 Å². The van der Waals surface area contributed by atoms with E-state index in [1.165, 1.54) is 0 Å². The number of piperidine rings is 1. The van der Waals surface area contributed by atoms with Crippen molar-refractivity contribution in [2.75, 3.05) is 20.1 Å². The summed E-state index contributed by atoms with van der Waals surface area (Å²) in [5.41, 5.74) is 0. The molecule has 1 aliphatic rings. The Balaban J connectivity index is 2.50. The Bertz CT molecular complexity index is 253. The van der Waals surface area contributed by atoms with Crippen molar-refractivity contribution in [3.8, 4) is 0 Å². The van der Waals surface area contributed by atoms with Crippen molar-refractivity contribution in [1.82, 2.24) is 10.2 Å². The second kappa shape index (κ2) is 6.39. The molecule has 0 aromatic heterocycles. The number of carbonyl (C=O) groups excluding carboxylic acids is 1. The molecule has 0 bridgehead atoms. The molecule has 0 aromatic carbocycles. The lowest BCUT2D eigenvalue weighted by Crippen LogP contribution is -2.46. The normalized spacial score (nSPS) is 26.9. The molecule has 100 valence electrons. The summed E-state index contributed by atoms with van der Waals surface area (Å²) >= 11 is 0. The topological polar surface area (TPSA) is 32.3 Å². The van der Waals surface area contributed by atoms with Gasteiger partial charge in [0.25, 0.3) is 0 Å². The highest BCUT2D eigenvalue weighted by Gasteiger charge is 2.28. The quantitative estimate of drug-likeness (QED) is 0.816. The van der Waals surface area contributed by atoms with Gasteiger partial charge in [-0.2, -0.15) is 0 Å². The lowest BCUT2D eigenvalue weighted by Gasteiger charge is -2.33. The van der Waals surface area contributed by atoms with Crippen molar-refractivity contribution in [3.05, 3.63) is 0 Å². The molecule has 17 heavy (non-hydrogen) atoms. The van der Waals surface area contributed by atoms with E-state index in [1.54, 1.807) is 0 Å². The van der Waals surface area contributed by atoms with Crippen LogP contribution >= 0.6 is 0 Å². The smallest absolute Gasteiger partial charge is 0.226 e. The summed E-state index contributed by atoms with van der Waals surface area (Å²) in [7, 11) is 1.95. The molecule has 0 saturated carbocycles. The van der Waals surface area contributed by atoms with Crippen LogP contribution in [0, 0.1) is 17.8 Å². The van der Waals surface area contributed by atoms with Crippen LogP contribution in [-0.4, -0.2) is 37.0 Å². The average molecular weight is 240 g/mol. The van der Waals surface area contributed by atoms with E-state index in [9.17, 15) is 4.79 Å². The average Bonchev–Trinajstić information content (AvgIpc) is 2.26. The van der Waals surface area contributed by atoms with E-state index in [0.717, 1.165) is 25.9 Å². The van der Waals surface area contributed by atoms with Gasteiger partial charge in [0, 0.05) is 19.6 Å². The van der Waals surface area contributed by atoms with E-state index in [2.05, 4.69) is 33.0 Å². The minimum atomic E-state index is 0.179. The van der Waals surface area contributed by atoms with Gasteiger partial charge in [-0.3, -0.25) is 4.79 Å². The molecule has 3 nitrogen and oxygen atoms in total. The second-order valence-electron chi connectivity index (χ2n) is 6.12. The Labute approximate surface area is 106 Å². The molecule has 1 N–H and O–H groups in total. The predicted molar refractivity (Wildman–Crippen MR) is 71.8 cm³/mol. The van der Waals surface area contributed by atoms with Crippen LogP contribution in [0.4, 0.5) is 0 Å². The lowest BCUT2D eigenvalue weighted by atomic mass is 9.90.